The molecule has 0 aliphatic carbocycles. The van der Waals surface area contributed by atoms with E-state index in [1.165, 1.54) is 23.3 Å². The Morgan fingerprint density at radius 2 is 1.94 bits per heavy atom. The highest BCUT2D eigenvalue weighted by atomic mass is 32.2. The molecule has 0 saturated carbocycles. The average Bonchev–Trinajstić information content (AvgIpc) is 3.37. The lowest BCUT2D eigenvalue weighted by Crippen LogP contribution is -2.25. The molecule has 0 amide bonds. The molecule has 0 aliphatic heterocycles. The Balaban J connectivity index is 1.73. The SMILES string of the molecule is CC(=O)c1c(C)[nH]c(C(=O)C(C)Sc2nc3ccccc3c(=O)n2Cc2ccco2)c1C. The molecule has 1 unspecified atom stereocenters. The van der Waals surface area contributed by atoms with Gasteiger partial charge in [-0.2, -0.15) is 0 Å². The van der Waals surface area contributed by atoms with Crippen LogP contribution in [0.15, 0.2) is 57.0 Å². The number of carbonyl (C=O) groups is 2. The van der Waals surface area contributed by atoms with Gasteiger partial charge < -0.3 is 9.40 Å². The van der Waals surface area contributed by atoms with Gasteiger partial charge in [0, 0.05) is 11.3 Å². The third kappa shape index (κ3) is 3.93. The van der Waals surface area contributed by atoms with E-state index >= 15 is 0 Å². The molecule has 1 atom stereocenters. The number of carbonyl (C=O) groups excluding carboxylic acids is 2. The van der Waals surface area contributed by atoms with Crippen molar-refractivity contribution in [2.45, 2.75) is 44.6 Å². The van der Waals surface area contributed by atoms with Crippen LogP contribution in [0.5, 0.6) is 0 Å². The van der Waals surface area contributed by atoms with Crippen molar-refractivity contribution < 1.29 is 14.0 Å². The third-order valence-electron chi connectivity index (χ3n) is 5.41. The van der Waals surface area contributed by atoms with Gasteiger partial charge in [-0.1, -0.05) is 23.9 Å². The summed E-state index contributed by atoms with van der Waals surface area (Å²) in [6.45, 7) is 7.02. The fraction of sp³-hybridized carbons (Fsp3) is 0.250. The smallest absolute Gasteiger partial charge is 0.262 e. The lowest BCUT2D eigenvalue weighted by Gasteiger charge is -2.15. The van der Waals surface area contributed by atoms with Crippen LogP contribution >= 0.6 is 11.8 Å². The molecule has 1 N–H and O–H groups in total. The zero-order valence-electron chi connectivity index (χ0n) is 18.3. The molecule has 7 nitrogen and oxygen atoms in total. The molecule has 0 radical (unpaired) electrons. The summed E-state index contributed by atoms with van der Waals surface area (Å²) in [6, 6.07) is 10.7. The highest BCUT2D eigenvalue weighted by molar-refractivity contribution is 8.00. The van der Waals surface area contributed by atoms with Crippen molar-refractivity contribution in [3.63, 3.8) is 0 Å². The molecule has 164 valence electrons. The fourth-order valence-electron chi connectivity index (χ4n) is 3.87. The van der Waals surface area contributed by atoms with Gasteiger partial charge in [0.25, 0.3) is 5.56 Å². The van der Waals surface area contributed by atoms with E-state index in [1.54, 1.807) is 57.4 Å². The number of benzene rings is 1. The van der Waals surface area contributed by atoms with Crippen molar-refractivity contribution in [1.82, 2.24) is 14.5 Å². The summed E-state index contributed by atoms with van der Waals surface area (Å²) >= 11 is 1.21. The van der Waals surface area contributed by atoms with Crippen LogP contribution in [0.3, 0.4) is 0 Å². The number of thioether (sulfide) groups is 1. The van der Waals surface area contributed by atoms with Gasteiger partial charge in [-0.15, -0.1) is 0 Å². The molecular formula is C24H23N3O4S. The number of aromatic amines is 1. The predicted molar refractivity (Wildman–Crippen MR) is 124 cm³/mol. The van der Waals surface area contributed by atoms with E-state index in [9.17, 15) is 14.4 Å². The van der Waals surface area contributed by atoms with Crippen molar-refractivity contribution in [2.75, 3.05) is 0 Å². The van der Waals surface area contributed by atoms with Gasteiger partial charge in [0.15, 0.2) is 16.7 Å². The van der Waals surface area contributed by atoms with Crippen molar-refractivity contribution in [2.24, 2.45) is 0 Å². The number of aryl methyl sites for hydroxylation is 1. The Labute approximate surface area is 188 Å². The second-order valence-electron chi connectivity index (χ2n) is 7.69. The number of para-hydroxylation sites is 1. The summed E-state index contributed by atoms with van der Waals surface area (Å²) in [4.78, 5) is 46.1. The van der Waals surface area contributed by atoms with Gasteiger partial charge in [0.05, 0.1) is 34.7 Å². The van der Waals surface area contributed by atoms with Gasteiger partial charge in [-0.25, -0.2) is 4.98 Å². The zero-order valence-corrected chi connectivity index (χ0v) is 19.1. The molecule has 3 heterocycles. The number of fused-ring (bicyclic) bond motifs is 1. The van der Waals surface area contributed by atoms with Crippen LogP contribution in [0.1, 0.15) is 51.7 Å². The number of rotatable bonds is 7. The van der Waals surface area contributed by atoms with Gasteiger partial charge >= 0.3 is 0 Å². The number of hydrogen-bond donors (Lipinski definition) is 1. The molecule has 0 aliphatic rings. The van der Waals surface area contributed by atoms with E-state index in [0.717, 1.165) is 0 Å². The number of nitrogens with zero attached hydrogens (tertiary/aromatic N) is 2. The van der Waals surface area contributed by atoms with E-state index in [4.69, 9.17) is 4.42 Å². The van der Waals surface area contributed by atoms with Crippen molar-refractivity contribution in [1.29, 1.82) is 0 Å². The largest absolute Gasteiger partial charge is 0.467 e. The summed E-state index contributed by atoms with van der Waals surface area (Å²) in [5.41, 5.74) is 2.65. The van der Waals surface area contributed by atoms with Crippen molar-refractivity contribution in [3.05, 3.63) is 81.3 Å². The Morgan fingerprint density at radius 3 is 2.59 bits per heavy atom. The Morgan fingerprint density at radius 1 is 1.19 bits per heavy atom. The molecular weight excluding hydrogens is 426 g/mol. The lowest BCUT2D eigenvalue weighted by atomic mass is 10.0. The Hall–Kier alpha value is -3.39. The van der Waals surface area contributed by atoms with E-state index < -0.39 is 5.25 Å². The number of aromatic nitrogens is 3. The maximum Gasteiger partial charge on any atom is 0.262 e. The Bertz CT molecular complexity index is 1380. The first-order valence-corrected chi connectivity index (χ1v) is 11.1. The van der Waals surface area contributed by atoms with E-state index in [2.05, 4.69) is 9.97 Å². The zero-order chi connectivity index (χ0) is 23.0. The van der Waals surface area contributed by atoms with Crippen LogP contribution in [-0.2, 0) is 6.54 Å². The fourth-order valence-corrected chi connectivity index (χ4v) is 4.84. The number of hydrogen-bond acceptors (Lipinski definition) is 6. The molecule has 0 fully saturated rings. The van der Waals surface area contributed by atoms with Crippen LogP contribution < -0.4 is 5.56 Å². The molecule has 3 aromatic heterocycles. The standard InChI is InChI=1S/C24H23N3O4S/c1-13-20(15(3)28)14(2)25-21(13)22(29)16(4)32-24-26-19-10-6-5-9-18(19)23(30)27(24)12-17-8-7-11-31-17/h5-11,16,25H,12H2,1-4H3. The maximum atomic E-state index is 13.2. The molecule has 1 aromatic carbocycles. The highest BCUT2D eigenvalue weighted by Crippen LogP contribution is 2.28. The molecule has 32 heavy (non-hydrogen) atoms. The molecule has 4 aromatic rings. The molecule has 8 heteroatoms. The predicted octanol–water partition coefficient (Wildman–Crippen LogP) is 4.55. The normalized spacial score (nSPS) is 12.2. The van der Waals surface area contributed by atoms with Gasteiger partial charge in [-0.3, -0.25) is 19.0 Å². The monoisotopic (exact) mass is 449 g/mol. The molecule has 0 saturated heterocycles. The van der Waals surface area contributed by atoms with Crippen LogP contribution in [-0.4, -0.2) is 31.4 Å². The summed E-state index contributed by atoms with van der Waals surface area (Å²) in [5.74, 6) is 0.376. The highest BCUT2D eigenvalue weighted by Gasteiger charge is 2.26. The third-order valence-corrected chi connectivity index (χ3v) is 6.50. The number of H-pyrrole nitrogens is 1. The number of furan rings is 1. The van der Waals surface area contributed by atoms with Crippen LogP contribution in [0.4, 0.5) is 0 Å². The van der Waals surface area contributed by atoms with Crippen LogP contribution in [0.2, 0.25) is 0 Å². The average molecular weight is 450 g/mol. The lowest BCUT2D eigenvalue weighted by molar-refractivity contribution is 0.0988. The summed E-state index contributed by atoms with van der Waals surface area (Å²) < 4.78 is 6.97. The maximum absolute atomic E-state index is 13.2. The van der Waals surface area contributed by atoms with Gasteiger partial charge in [0.2, 0.25) is 0 Å². The van der Waals surface area contributed by atoms with E-state index in [0.29, 0.717) is 44.3 Å². The number of Topliss-reactive ketones (excluding diaryl/α,β-unsaturated/α-hetero) is 2. The minimum Gasteiger partial charge on any atom is -0.467 e. The topological polar surface area (TPSA) is 98.0 Å². The van der Waals surface area contributed by atoms with E-state index in [1.807, 2.05) is 6.07 Å². The number of ketones is 2. The summed E-state index contributed by atoms with van der Waals surface area (Å²) in [7, 11) is 0. The second kappa shape index (κ2) is 8.63. The first-order chi connectivity index (χ1) is 15.3. The molecule has 0 bridgehead atoms. The first-order valence-electron chi connectivity index (χ1n) is 10.2. The quantitative estimate of drug-likeness (QED) is 0.253. The second-order valence-corrected chi connectivity index (χ2v) is 9.00. The van der Waals surface area contributed by atoms with Crippen LogP contribution in [0.25, 0.3) is 10.9 Å². The van der Waals surface area contributed by atoms with Crippen molar-refractivity contribution in [3.8, 4) is 0 Å². The summed E-state index contributed by atoms with van der Waals surface area (Å²) in [6.07, 6.45) is 1.55. The van der Waals surface area contributed by atoms with Crippen LogP contribution in [0, 0.1) is 13.8 Å². The minimum atomic E-state index is -0.539. The first kappa shape index (κ1) is 21.8. The minimum absolute atomic E-state index is 0.0842. The molecule has 4 rings (SSSR count). The Kier molecular flexibility index (Phi) is 5.88. The van der Waals surface area contributed by atoms with E-state index in [-0.39, 0.29) is 23.7 Å². The van der Waals surface area contributed by atoms with Gasteiger partial charge in [0.1, 0.15) is 5.76 Å². The number of nitrogens with one attached hydrogen (secondary N) is 1. The summed E-state index contributed by atoms with van der Waals surface area (Å²) in [5, 5.41) is 0.394. The van der Waals surface area contributed by atoms with Gasteiger partial charge in [-0.05, 0) is 57.5 Å². The van der Waals surface area contributed by atoms with Crippen molar-refractivity contribution >= 4 is 34.2 Å². The molecule has 0 spiro atoms.